The van der Waals surface area contributed by atoms with Gasteiger partial charge in [-0.3, -0.25) is 4.57 Å². The van der Waals surface area contributed by atoms with Gasteiger partial charge >= 0.3 is 6.07 Å². The maximum atomic E-state index is 9.30. The lowest BCUT2D eigenvalue weighted by molar-refractivity contribution is 0.475. The summed E-state index contributed by atoms with van der Waals surface area (Å²) >= 11 is 8.81. The van der Waals surface area contributed by atoms with E-state index in [4.69, 9.17) is 10.00 Å². The highest BCUT2D eigenvalue weighted by Gasteiger charge is 2.02. The van der Waals surface area contributed by atoms with Gasteiger partial charge in [0.1, 0.15) is 5.75 Å². The van der Waals surface area contributed by atoms with E-state index in [2.05, 4.69) is 22.5 Å². The smallest absolute Gasteiger partial charge is 0.377 e. The molecule has 1 aromatic carbocycles. The molecular formula is C6H7Cl2O3P. The molecule has 2 N–H and O–H groups in total. The zero-order chi connectivity index (χ0) is 9.61. The molecule has 1 rings (SSSR count). The summed E-state index contributed by atoms with van der Waals surface area (Å²) in [4.78, 5) is 7.61. The molecule has 12 heavy (non-hydrogen) atoms. The van der Waals surface area contributed by atoms with Crippen LogP contribution in [0.25, 0.3) is 0 Å². The number of para-hydroxylation sites is 1. The summed E-state index contributed by atoms with van der Waals surface area (Å²) in [6, 6.07) is 8.71. The average molecular weight is 229 g/mol. The van der Waals surface area contributed by atoms with Crippen molar-refractivity contribution in [2.75, 3.05) is 0 Å². The first-order valence-electron chi connectivity index (χ1n) is 2.85. The highest BCUT2D eigenvalue weighted by Crippen LogP contribution is 2.51. The number of halogens is 2. The van der Waals surface area contributed by atoms with Crippen molar-refractivity contribution in [2.45, 2.75) is 0 Å². The van der Waals surface area contributed by atoms with Gasteiger partial charge in [-0.05, 0) is 34.6 Å². The van der Waals surface area contributed by atoms with Gasteiger partial charge in [-0.2, -0.15) is 0 Å². The summed E-state index contributed by atoms with van der Waals surface area (Å²) in [6.45, 7) is 0. The van der Waals surface area contributed by atoms with Crippen LogP contribution >= 0.6 is 28.6 Å². The Labute approximate surface area is 79.6 Å². The van der Waals surface area contributed by atoms with E-state index in [-0.39, 0.29) is 0 Å². The van der Waals surface area contributed by atoms with Crippen LogP contribution < -0.4 is 0 Å². The van der Waals surface area contributed by atoms with Crippen LogP contribution in [0.1, 0.15) is 0 Å². The third kappa shape index (κ3) is 12.5. The van der Waals surface area contributed by atoms with Crippen molar-refractivity contribution in [3.8, 4) is 5.75 Å². The van der Waals surface area contributed by atoms with E-state index >= 15 is 0 Å². The molecule has 1 aromatic rings. The van der Waals surface area contributed by atoms with Crippen LogP contribution in [0.3, 0.4) is 0 Å². The van der Waals surface area contributed by atoms with Crippen molar-refractivity contribution in [1.82, 2.24) is 0 Å². The zero-order valence-electron chi connectivity index (χ0n) is 5.89. The maximum Gasteiger partial charge on any atom is 0.377 e. The minimum absolute atomic E-state index is 0.322. The fourth-order valence-corrected chi connectivity index (χ4v) is 0.428. The van der Waals surface area contributed by atoms with Gasteiger partial charge in [-0.1, -0.05) is 18.2 Å². The maximum absolute atomic E-state index is 9.30. The summed E-state index contributed by atoms with van der Waals surface area (Å²) < 4.78 is 9.30. The van der Waals surface area contributed by atoms with E-state index in [1.54, 1.807) is 24.3 Å². The first kappa shape index (κ1) is 11.8. The third-order valence-electron chi connectivity index (χ3n) is 0.756. The van der Waals surface area contributed by atoms with Crippen LogP contribution in [0.5, 0.6) is 5.75 Å². The largest absolute Gasteiger partial charge is 0.508 e. The van der Waals surface area contributed by atoms with Gasteiger partial charge in [0.2, 0.25) is 0 Å². The molecule has 0 radical (unpaired) electrons. The van der Waals surface area contributed by atoms with Crippen molar-refractivity contribution in [3.05, 3.63) is 30.3 Å². The molecule has 0 amide bonds. The van der Waals surface area contributed by atoms with E-state index in [1.165, 1.54) is 0 Å². The van der Waals surface area contributed by atoms with Crippen LogP contribution in [0, 0.1) is 0 Å². The molecule has 0 aliphatic carbocycles. The molecular weight excluding hydrogens is 222 g/mol. The van der Waals surface area contributed by atoms with E-state index in [0.29, 0.717) is 5.75 Å². The number of phenolic OH excluding ortho intramolecular Hbond substituents is 1. The summed E-state index contributed by atoms with van der Waals surface area (Å²) in [5, 5.41) is 8.63. The Bertz CT molecular complexity index is 250. The SMILES string of the molecule is O=P(O)(Cl)Cl.Oc1ccccc1. The van der Waals surface area contributed by atoms with Gasteiger partial charge in [0, 0.05) is 0 Å². The second-order valence-electron chi connectivity index (χ2n) is 1.77. The van der Waals surface area contributed by atoms with Crippen LogP contribution in [0.2, 0.25) is 0 Å². The minimum atomic E-state index is -3.69. The molecule has 0 saturated carbocycles. The Hall–Kier alpha value is -0.210. The van der Waals surface area contributed by atoms with Gasteiger partial charge in [-0.15, -0.1) is 0 Å². The number of aromatic hydroxyl groups is 1. The van der Waals surface area contributed by atoms with E-state index < -0.39 is 6.07 Å². The normalized spacial score (nSPS) is 9.92. The quantitative estimate of drug-likeness (QED) is 0.672. The monoisotopic (exact) mass is 228 g/mol. The lowest BCUT2D eigenvalue weighted by atomic mass is 10.3. The Morgan fingerprint density at radius 3 is 1.67 bits per heavy atom. The summed E-state index contributed by atoms with van der Waals surface area (Å²) in [7, 11) is 0. The molecule has 0 atom stereocenters. The highest BCUT2D eigenvalue weighted by atomic mass is 35.9. The van der Waals surface area contributed by atoms with Crippen molar-refractivity contribution in [3.63, 3.8) is 0 Å². The molecule has 0 heterocycles. The molecule has 0 aliphatic rings. The number of hydrogen-bond donors (Lipinski definition) is 2. The van der Waals surface area contributed by atoms with Gasteiger partial charge in [-0.25, -0.2) is 0 Å². The fraction of sp³-hybridized carbons (Fsp3) is 0. The van der Waals surface area contributed by atoms with Crippen molar-refractivity contribution in [1.29, 1.82) is 0 Å². The van der Waals surface area contributed by atoms with Gasteiger partial charge in [0.15, 0.2) is 0 Å². The number of phenols is 1. The van der Waals surface area contributed by atoms with Gasteiger partial charge in [0.05, 0.1) is 0 Å². The summed E-state index contributed by atoms with van der Waals surface area (Å²) in [6.07, 6.45) is -3.69. The van der Waals surface area contributed by atoms with Crippen LogP contribution in [0.4, 0.5) is 0 Å². The molecule has 0 unspecified atom stereocenters. The fourth-order valence-electron chi connectivity index (χ4n) is 0.428. The molecule has 0 saturated heterocycles. The Kier molecular flexibility index (Phi) is 5.34. The van der Waals surface area contributed by atoms with Crippen LogP contribution in [-0.4, -0.2) is 10.00 Å². The van der Waals surface area contributed by atoms with Crippen LogP contribution in [-0.2, 0) is 4.57 Å². The first-order valence-corrected chi connectivity index (χ1v) is 6.32. The summed E-state index contributed by atoms with van der Waals surface area (Å²) in [5.74, 6) is 0.322. The molecule has 0 bridgehead atoms. The lowest BCUT2D eigenvalue weighted by Crippen LogP contribution is -1.56. The average Bonchev–Trinajstić information content (AvgIpc) is 1.85. The predicted molar refractivity (Wildman–Crippen MR) is 49.6 cm³/mol. The second-order valence-corrected chi connectivity index (χ2v) is 5.91. The Morgan fingerprint density at radius 2 is 1.50 bits per heavy atom. The van der Waals surface area contributed by atoms with E-state index in [0.717, 1.165) is 0 Å². The minimum Gasteiger partial charge on any atom is -0.508 e. The van der Waals surface area contributed by atoms with Crippen molar-refractivity contribution >= 4 is 28.6 Å². The number of hydrogen-bond acceptors (Lipinski definition) is 2. The molecule has 0 aromatic heterocycles. The molecule has 3 nitrogen and oxygen atoms in total. The Balaban J connectivity index is 0.000000217. The number of rotatable bonds is 0. The van der Waals surface area contributed by atoms with Crippen molar-refractivity contribution in [2.24, 2.45) is 0 Å². The zero-order valence-corrected chi connectivity index (χ0v) is 8.30. The molecule has 0 aliphatic heterocycles. The first-order chi connectivity index (χ1) is 5.39. The highest BCUT2D eigenvalue weighted by molar-refractivity contribution is 8.04. The second kappa shape index (κ2) is 5.44. The molecule has 68 valence electrons. The Morgan fingerprint density at radius 1 is 1.17 bits per heavy atom. The topological polar surface area (TPSA) is 57.5 Å². The number of benzene rings is 1. The standard InChI is InChI=1S/C6H6O.Cl2HO2P/c7-6-4-2-1-3-5-6;1-5(2,3)4/h1-5,7H;(H,3,4). The van der Waals surface area contributed by atoms with Crippen molar-refractivity contribution < 1.29 is 14.6 Å². The lowest BCUT2D eigenvalue weighted by Gasteiger charge is -1.82. The van der Waals surface area contributed by atoms with Gasteiger partial charge < -0.3 is 10.00 Å². The third-order valence-corrected chi connectivity index (χ3v) is 0.756. The molecule has 0 spiro atoms. The predicted octanol–water partition coefficient (Wildman–Crippen LogP) is 2.96. The van der Waals surface area contributed by atoms with E-state index in [1.807, 2.05) is 6.07 Å². The van der Waals surface area contributed by atoms with Gasteiger partial charge in [0.25, 0.3) is 0 Å². The molecule has 0 fully saturated rings. The van der Waals surface area contributed by atoms with E-state index in [9.17, 15) is 4.57 Å². The summed E-state index contributed by atoms with van der Waals surface area (Å²) in [5.41, 5.74) is 0. The van der Waals surface area contributed by atoms with Crippen LogP contribution in [0.15, 0.2) is 30.3 Å². The molecule has 6 heteroatoms.